The van der Waals surface area contributed by atoms with Crippen LogP contribution in [0, 0.1) is 0 Å². The summed E-state index contributed by atoms with van der Waals surface area (Å²) in [5.74, 6) is -0.661. The smallest absolute Gasteiger partial charge is 0.235 e. The first-order chi connectivity index (χ1) is 30.6. The molecule has 0 spiro atoms. The summed E-state index contributed by atoms with van der Waals surface area (Å²) in [5.41, 5.74) is -3.31. The minimum Gasteiger partial charge on any atom is -0.293 e. The van der Waals surface area contributed by atoms with Crippen molar-refractivity contribution in [2.45, 2.75) is 0 Å². The van der Waals surface area contributed by atoms with Crippen molar-refractivity contribution < 1.29 is 28.8 Å². The van der Waals surface area contributed by atoms with Crippen LogP contribution in [0.5, 0.6) is 0 Å². The van der Waals surface area contributed by atoms with E-state index in [-0.39, 0.29) is 44.0 Å². The molecule has 0 aliphatic heterocycles. The molecule has 4 aromatic heterocycles. The third-order valence-corrected chi connectivity index (χ3v) is 7.01. The number of pyridine rings is 1. The van der Waals surface area contributed by atoms with Crippen molar-refractivity contribution in [3.8, 4) is 34.2 Å². The Morgan fingerprint density at radius 3 is 1.82 bits per heavy atom. The fourth-order valence-corrected chi connectivity index (χ4v) is 5.21. The van der Waals surface area contributed by atoms with E-state index in [1.165, 1.54) is 28.8 Å². The third-order valence-electron chi connectivity index (χ3n) is 7.01. The highest BCUT2D eigenvalue weighted by molar-refractivity contribution is 6.09. The zero-order valence-electron chi connectivity index (χ0n) is 43.0. The fraction of sp³-hybridized carbons (Fsp3) is 0. The van der Waals surface area contributed by atoms with E-state index < -0.39 is 161 Å². The molecule has 5 aromatic carbocycles. The number of hydrogen-bond acceptors (Lipinski definition) is 3. The first-order valence-electron chi connectivity index (χ1n) is 23.5. The molecule has 206 valence electrons. The molecular weight excluding hydrogens is 538 g/mol. The lowest BCUT2D eigenvalue weighted by Gasteiger charge is -2.15. The van der Waals surface area contributed by atoms with Crippen LogP contribution in [-0.4, -0.2) is 24.1 Å². The van der Waals surface area contributed by atoms with Gasteiger partial charge in [0.05, 0.1) is 62.4 Å². The molecule has 0 saturated heterocycles. The third kappa shape index (κ3) is 3.69. The molecule has 0 bridgehead atoms. The zero-order valence-corrected chi connectivity index (χ0v) is 22.0. The van der Waals surface area contributed by atoms with E-state index in [1.54, 1.807) is 0 Å². The predicted octanol–water partition coefficient (Wildman–Crippen LogP) is 9.40. The number of fused-ring (bicyclic) bond motifs is 6. The Balaban J connectivity index is 1.53. The van der Waals surface area contributed by atoms with Gasteiger partial charge in [0, 0.05) is 38.8 Å². The van der Waals surface area contributed by atoms with E-state index in [1.807, 2.05) is 0 Å². The number of nitrogens with zero attached hydrogens (tertiary/aromatic N) is 5. The standard InChI is InChI=1S/C39H25N5/c1-2-13-26(14-3-1)32-25-33(42-39(41-32)44-35-21-9-4-15-27(35)28-16-5-10-22-36(28)44)31-18-7-11-23-37(31)43-34-20-8-6-17-29(34)30-19-12-24-40-38(30)43/h1-25H/i1D,2D,3D,4D,5D,6D,8D,9D,10D,12D,13D,14D,15D,16D,17D,19D,20D,21D,22D,24D,25D. The highest BCUT2D eigenvalue weighted by atomic mass is 15.2. The van der Waals surface area contributed by atoms with E-state index in [4.69, 9.17) is 32.4 Å². The number of benzene rings is 5. The molecule has 9 rings (SSSR count). The first kappa shape index (κ1) is 11.5. The zero-order chi connectivity index (χ0) is 47.3. The van der Waals surface area contributed by atoms with E-state index in [0.29, 0.717) is 0 Å². The number of rotatable bonds is 4. The van der Waals surface area contributed by atoms with Crippen molar-refractivity contribution in [3.05, 3.63) is 151 Å². The molecule has 0 aliphatic rings. The molecule has 44 heavy (non-hydrogen) atoms. The van der Waals surface area contributed by atoms with Crippen LogP contribution in [0.4, 0.5) is 0 Å². The highest BCUT2D eigenvalue weighted by Gasteiger charge is 2.20. The Bertz CT molecular complexity index is 3590. The quantitative estimate of drug-likeness (QED) is 0.207. The van der Waals surface area contributed by atoms with Gasteiger partial charge in [-0.2, -0.15) is 0 Å². The summed E-state index contributed by atoms with van der Waals surface area (Å²) in [4.78, 5) is 13.5. The Kier molecular flexibility index (Phi) is 2.56. The normalized spacial score (nSPS) is 18.3. The highest BCUT2D eigenvalue weighted by Crippen LogP contribution is 2.37. The lowest BCUT2D eigenvalue weighted by Crippen LogP contribution is -2.05. The Morgan fingerprint density at radius 1 is 0.523 bits per heavy atom. The Hall–Kier alpha value is -6.07. The molecule has 4 heterocycles. The van der Waals surface area contributed by atoms with Gasteiger partial charge in [-0.25, -0.2) is 15.0 Å². The van der Waals surface area contributed by atoms with Crippen molar-refractivity contribution in [1.29, 1.82) is 0 Å². The maximum atomic E-state index is 9.67. The van der Waals surface area contributed by atoms with Gasteiger partial charge in [-0.1, -0.05) is 103 Å². The van der Waals surface area contributed by atoms with Crippen LogP contribution in [0.2, 0.25) is 0 Å². The van der Waals surface area contributed by atoms with E-state index >= 15 is 0 Å². The van der Waals surface area contributed by atoms with Crippen molar-refractivity contribution in [2.75, 3.05) is 0 Å². The van der Waals surface area contributed by atoms with Crippen LogP contribution in [-0.2, 0) is 0 Å². The average Bonchev–Trinajstić information content (AvgIpc) is 3.83. The second kappa shape index (κ2) is 9.75. The summed E-state index contributed by atoms with van der Waals surface area (Å²) < 4.78 is 185. The Labute approximate surface area is 282 Å². The van der Waals surface area contributed by atoms with Crippen LogP contribution >= 0.6 is 0 Å². The van der Waals surface area contributed by atoms with Crippen molar-refractivity contribution in [1.82, 2.24) is 24.1 Å². The summed E-state index contributed by atoms with van der Waals surface area (Å²) in [5, 5.41) is -1.17. The summed E-state index contributed by atoms with van der Waals surface area (Å²) in [6.07, 6.45) is -0.686. The summed E-state index contributed by atoms with van der Waals surface area (Å²) >= 11 is 0. The molecule has 5 nitrogen and oxygen atoms in total. The van der Waals surface area contributed by atoms with Crippen LogP contribution < -0.4 is 0 Å². The number of aromatic nitrogens is 5. The molecule has 9 aromatic rings. The maximum Gasteiger partial charge on any atom is 0.235 e. The van der Waals surface area contributed by atoms with Gasteiger partial charge < -0.3 is 0 Å². The topological polar surface area (TPSA) is 48.5 Å². The van der Waals surface area contributed by atoms with E-state index in [2.05, 4.69) is 9.97 Å². The van der Waals surface area contributed by atoms with Gasteiger partial charge in [-0.3, -0.25) is 9.13 Å². The van der Waals surface area contributed by atoms with Crippen LogP contribution in [0.15, 0.2) is 151 Å². The Morgan fingerprint density at radius 2 is 1.09 bits per heavy atom. The molecule has 5 heteroatoms. The van der Waals surface area contributed by atoms with Gasteiger partial charge in [0.1, 0.15) is 5.65 Å². The second-order valence-corrected chi connectivity index (χ2v) is 9.38. The molecule has 0 amide bonds. The van der Waals surface area contributed by atoms with Crippen LogP contribution in [0.3, 0.4) is 0 Å². The SMILES string of the molecule is [2H]c1nc2c(c([2H])c1[2H])c1c([2H])c([2H])c([2H])c([2H])c1n2-c1ccccc1-c1nc(-n2c3c([2H])c([2H])c([2H])c([2H])c3c3c([2H])c([2H])c([2H])c([2H])c32)nc(-c2c([2H])c([2H])c([2H])c([2H])c2[2H])c1[2H]. The minimum absolute atomic E-state index is 0.0715. The molecule has 0 aliphatic carbocycles. The predicted molar refractivity (Wildman–Crippen MR) is 179 cm³/mol. The lowest BCUT2D eigenvalue weighted by atomic mass is 10.1. The van der Waals surface area contributed by atoms with Crippen molar-refractivity contribution in [3.63, 3.8) is 0 Å². The summed E-state index contributed by atoms with van der Waals surface area (Å²) in [7, 11) is 0. The lowest BCUT2D eigenvalue weighted by molar-refractivity contribution is 0.994. The minimum atomic E-state index is -0.820. The van der Waals surface area contributed by atoms with Crippen molar-refractivity contribution >= 4 is 43.7 Å². The monoisotopic (exact) mass is 584 g/mol. The fourth-order valence-electron chi connectivity index (χ4n) is 5.21. The van der Waals surface area contributed by atoms with Crippen molar-refractivity contribution in [2.24, 2.45) is 0 Å². The van der Waals surface area contributed by atoms with Gasteiger partial charge in [0.25, 0.3) is 0 Å². The number of para-hydroxylation sites is 4. The van der Waals surface area contributed by atoms with Crippen LogP contribution in [0.1, 0.15) is 28.8 Å². The number of hydrogen-bond donors (Lipinski definition) is 0. The van der Waals surface area contributed by atoms with Gasteiger partial charge >= 0.3 is 0 Å². The molecule has 0 N–H and O–H groups in total. The largest absolute Gasteiger partial charge is 0.293 e. The second-order valence-electron chi connectivity index (χ2n) is 9.38. The maximum absolute atomic E-state index is 9.67. The van der Waals surface area contributed by atoms with Gasteiger partial charge in [0.15, 0.2) is 0 Å². The van der Waals surface area contributed by atoms with Crippen LogP contribution in [0.25, 0.3) is 77.9 Å². The summed E-state index contributed by atoms with van der Waals surface area (Å²) in [6, 6.07) is -8.71. The first-order valence-corrected chi connectivity index (χ1v) is 13.0. The molecule has 0 saturated carbocycles. The summed E-state index contributed by atoms with van der Waals surface area (Å²) in [6.45, 7) is 0. The van der Waals surface area contributed by atoms with E-state index in [0.717, 1.165) is 4.57 Å². The molecule has 0 atom stereocenters. The molecular formula is C39H25N5. The average molecular weight is 585 g/mol. The van der Waals surface area contributed by atoms with Gasteiger partial charge in [0.2, 0.25) is 5.95 Å². The van der Waals surface area contributed by atoms with Gasteiger partial charge in [-0.05, 0) is 42.3 Å². The van der Waals surface area contributed by atoms with E-state index in [9.17, 15) is 1.37 Å². The van der Waals surface area contributed by atoms with Gasteiger partial charge in [-0.15, -0.1) is 0 Å². The molecule has 0 unspecified atom stereocenters. The molecule has 0 radical (unpaired) electrons. The molecule has 0 fully saturated rings.